The molecule has 0 unspecified atom stereocenters. The van der Waals surface area contributed by atoms with Crippen molar-refractivity contribution in [3.63, 3.8) is 0 Å². The summed E-state index contributed by atoms with van der Waals surface area (Å²) < 4.78 is 0. The van der Waals surface area contributed by atoms with E-state index in [1.165, 1.54) is 55.4 Å². The molecule has 0 saturated heterocycles. The molecule has 2 heteroatoms. The van der Waals surface area contributed by atoms with Crippen LogP contribution in [-0.2, 0) is 0 Å². The number of hydrogen-bond acceptors (Lipinski definition) is 1. The van der Waals surface area contributed by atoms with Gasteiger partial charge in [-0.15, -0.1) is 0 Å². The van der Waals surface area contributed by atoms with E-state index < -0.39 is 0 Å². The van der Waals surface area contributed by atoms with Crippen LogP contribution >= 0.6 is 0 Å². The van der Waals surface area contributed by atoms with Gasteiger partial charge in [0.1, 0.15) is 0 Å². The van der Waals surface area contributed by atoms with Crippen molar-refractivity contribution in [3.05, 3.63) is 126 Å². The highest BCUT2D eigenvalue weighted by Gasteiger charge is 2.20. The molecule has 1 aliphatic rings. The number of anilines is 3. The van der Waals surface area contributed by atoms with E-state index in [1.54, 1.807) is 0 Å². The summed E-state index contributed by atoms with van der Waals surface area (Å²) >= 11 is 0. The van der Waals surface area contributed by atoms with Crippen LogP contribution in [0.5, 0.6) is 0 Å². The van der Waals surface area contributed by atoms with Crippen LogP contribution in [0, 0.1) is 0 Å². The Balaban J connectivity index is 1.39. The monoisotopic (exact) mass is 434 g/mol. The number of nitrogens with one attached hydrogen (secondary N) is 1. The lowest BCUT2D eigenvalue weighted by atomic mass is 9.99. The van der Waals surface area contributed by atoms with Crippen molar-refractivity contribution in [3.8, 4) is 11.1 Å². The van der Waals surface area contributed by atoms with Crippen LogP contribution in [0.3, 0.4) is 0 Å². The van der Waals surface area contributed by atoms with Crippen LogP contribution in [-0.4, -0.2) is 4.98 Å². The number of nitrogens with zero attached hydrogens (tertiary/aromatic N) is 1. The highest BCUT2D eigenvalue weighted by atomic mass is 15.1. The van der Waals surface area contributed by atoms with E-state index in [9.17, 15) is 0 Å². The highest BCUT2D eigenvalue weighted by molar-refractivity contribution is 6.08. The zero-order chi connectivity index (χ0) is 22.5. The summed E-state index contributed by atoms with van der Waals surface area (Å²) in [6, 6.07) is 41.2. The topological polar surface area (TPSA) is 19.0 Å². The fourth-order valence-electron chi connectivity index (χ4n) is 5.10. The van der Waals surface area contributed by atoms with Crippen molar-refractivity contribution in [2.75, 3.05) is 4.90 Å². The lowest BCUT2D eigenvalue weighted by Gasteiger charge is -2.27. The van der Waals surface area contributed by atoms with E-state index in [4.69, 9.17) is 0 Å². The van der Waals surface area contributed by atoms with Crippen LogP contribution in [0.25, 0.3) is 45.1 Å². The zero-order valence-electron chi connectivity index (χ0n) is 18.6. The molecule has 7 rings (SSSR count). The Morgan fingerprint density at radius 1 is 0.471 bits per heavy atom. The number of rotatable bonds is 2. The predicted octanol–water partition coefficient (Wildman–Crippen LogP) is 8.94. The van der Waals surface area contributed by atoms with Gasteiger partial charge in [0, 0.05) is 27.5 Å². The van der Waals surface area contributed by atoms with Crippen molar-refractivity contribution in [2.45, 2.75) is 0 Å². The van der Waals surface area contributed by atoms with Gasteiger partial charge in [-0.05, 0) is 64.7 Å². The molecule has 1 N–H and O–H groups in total. The number of aromatic amines is 1. The van der Waals surface area contributed by atoms with Gasteiger partial charge in [0.2, 0.25) is 0 Å². The Labute approximate surface area is 198 Å². The van der Waals surface area contributed by atoms with Gasteiger partial charge in [0.25, 0.3) is 0 Å². The van der Waals surface area contributed by atoms with Gasteiger partial charge in [0.15, 0.2) is 0 Å². The van der Waals surface area contributed by atoms with Crippen LogP contribution < -0.4 is 4.90 Å². The van der Waals surface area contributed by atoms with Crippen LogP contribution in [0.4, 0.5) is 17.1 Å². The van der Waals surface area contributed by atoms with E-state index in [1.807, 2.05) is 0 Å². The maximum absolute atomic E-state index is 3.58. The van der Waals surface area contributed by atoms with E-state index >= 15 is 0 Å². The molecule has 160 valence electrons. The molecule has 2 nitrogen and oxygen atoms in total. The largest absolute Gasteiger partial charge is 0.354 e. The van der Waals surface area contributed by atoms with Crippen molar-refractivity contribution in [1.82, 2.24) is 4.98 Å². The zero-order valence-corrected chi connectivity index (χ0v) is 18.6. The first kappa shape index (κ1) is 19.0. The van der Waals surface area contributed by atoms with Crippen LogP contribution in [0.1, 0.15) is 11.1 Å². The maximum Gasteiger partial charge on any atom is 0.0534 e. The van der Waals surface area contributed by atoms with Gasteiger partial charge >= 0.3 is 0 Å². The normalized spacial score (nSPS) is 12.5. The fourth-order valence-corrected chi connectivity index (χ4v) is 5.10. The summed E-state index contributed by atoms with van der Waals surface area (Å²) in [6.45, 7) is 0. The molecule has 0 spiro atoms. The molecule has 34 heavy (non-hydrogen) atoms. The van der Waals surface area contributed by atoms with Crippen LogP contribution in [0.2, 0.25) is 0 Å². The van der Waals surface area contributed by atoms with E-state index in [0.717, 1.165) is 5.69 Å². The van der Waals surface area contributed by atoms with Gasteiger partial charge in [-0.3, -0.25) is 0 Å². The summed E-state index contributed by atoms with van der Waals surface area (Å²) in [6.07, 6.45) is 4.46. The minimum atomic E-state index is 1.16. The molecule has 0 fully saturated rings. The Morgan fingerprint density at radius 3 is 2.09 bits per heavy atom. The fraction of sp³-hybridized carbons (Fsp3) is 0. The smallest absolute Gasteiger partial charge is 0.0534 e. The van der Waals surface area contributed by atoms with Crippen molar-refractivity contribution < 1.29 is 0 Å². The highest BCUT2D eigenvalue weighted by Crippen LogP contribution is 2.43. The first-order valence-electron chi connectivity index (χ1n) is 11.6. The van der Waals surface area contributed by atoms with E-state index in [0.29, 0.717) is 0 Å². The maximum atomic E-state index is 3.58. The van der Waals surface area contributed by atoms with Crippen molar-refractivity contribution >= 4 is 51.0 Å². The molecule has 5 aromatic carbocycles. The number of benzene rings is 5. The SMILES string of the molecule is C1=Cc2cc(-c3ccc4c(c3)[nH]c3ccccc34)ccc2N(c2ccccc2)c2ccccc21. The first-order chi connectivity index (χ1) is 16.8. The summed E-state index contributed by atoms with van der Waals surface area (Å²) in [7, 11) is 0. The van der Waals surface area contributed by atoms with Gasteiger partial charge in [0.05, 0.1) is 11.4 Å². The van der Waals surface area contributed by atoms with Gasteiger partial charge in [-0.2, -0.15) is 0 Å². The quantitative estimate of drug-likeness (QED) is 0.288. The lowest BCUT2D eigenvalue weighted by molar-refractivity contribution is 1.28. The summed E-state index contributed by atoms with van der Waals surface area (Å²) in [5, 5.41) is 2.53. The molecule has 1 aromatic heterocycles. The van der Waals surface area contributed by atoms with E-state index in [-0.39, 0.29) is 0 Å². The van der Waals surface area contributed by atoms with Gasteiger partial charge in [-0.25, -0.2) is 0 Å². The molecule has 0 amide bonds. The second-order valence-corrected chi connectivity index (χ2v) is 8.77. The molecule has 0 atom stereocenters. The standard InChI is InChI=1S/C32H22N2/c1-2-9-26(10-3-1)34-31-13-7-4-8-22(31)14-15-25-20-23(17-19-32(25)34)24-16-18-28-27-11-5-6-12-29(27)33-30(28)21-24/h1-21,33H. The third kappa shape index (κ3) is 2.96. The molecular formula is C32H22N2. The Kier molecular flexibility index (Phi) is 4.18. The van der Waals surface area contributed by atoms with E-state index in [2.05, 4.69) is 137 Å². The summed E-state index contributed by atoms with van der Waals surface area (Å²) in [4.78, 5) is 5.94. The number of aromatic nitrogens is 1. The lowest BCUT2D eigenvalue weighted by Crippen LogP contribution is -2.11. The minimum Gasteiger partial charge on any atom is -0.354 e. The molecule has 0 aliphatic carbocycles. The summed E-state index contributed by atoms with van der Waals surface area (Å²) in [5.74, 6) is 0. The minimum absolute atomic E-state index is 1.16. The predicted molar refractivity (Wildman–Crippen MR) is 145 cm³/mol. The summed E-state index contributed by atoms with van der Waals surface area (Å²) in [5.41, 5.74) is 10.7. The average Bonchev–Trinajstić information content (AvgIpc) is 3.18. The average molecular weight is 435 g/mol. The first-order valence-corrected chi connectivity index (χ1v) is 11.6. The molecule has 2 heterocycles. The molecule has 0 saturated carbocycles. The van der Waals surface area contributed by atoms with Crippen molar-refractivity contribution in [1.29, 1.82) is 0 Å². The number of para-hydroxylation sites is 3. The number of hydrogen-bond donors (Lipinski definition) is 1. The van der Waals surface area contributed by atoms with Crippen LogP contribution in [0.15, 0.2) is 115 Å². The third-order valence-corrected chi connectivity index (χ3v) is 6.74. The second kappa shape index (κ2) is 7.50. The Hall–Kier alpha value is -4.56. The second-order valence-electron chi connectivity index (χ2n) is 8.77. The molecule has 6 aromatic rings. The Bertz CT molecular complexity index is 1710. The van der Waals surface area contributed by atoms with Gasteiger partial charge in [-0.1, -0.05) is 84.9 Å². The molecule has 0 bridgehead atoms. The van der Waals surface area contributed by atoms with Gasteiger partial charge < -0.3 is 9.88 Å². The third-order valence-electron chi connectivity index (χ3n) is 6.74. The number of H-pyrrole nitrogens is 1. The molecule has 0 radical (unpaired) electrons. The molecule has 1 aliphatic heterocycles. The Morgan fingerprint density at radius 2 is 1.15 bits per heavy atom. The van der Waals surface area contributed by atoms with Crippen molar-refractivity contribution in [2.24, 2.45) is 0 Å². The number of fused-ring (bicyclic) bond motifs is 5. The molecular weight excluding hydrogens is 412 g/mol.